The number of likely N-dealkylation sites (tertiary alicyclic amines) is 2. The molecule has 4 nitrogen and oxygen atoms in total. The molecule has 0 radical (unpaired) electrons. The number of carbonyl (C=O) groups is 1. The van der Waals surface area contributed by atoms with Gasteiger partial charge in [-0.3, -0.25) is 4.79 Å². The first-order chi connectivity index (χ1) is 12.2. The summed E-state index contributed by atoms with van der Waals surface area (Å²) in [5, 5.41) is 3.13. The van der Waals surface area contributed by atoms with Crippen molar-refractivity contribution in [2.24, 2.45) is 0 Å². The number of amides is 1. The van der Waals surface area contributed by atoms with Crippen LogP contribution in [0.15, 0.2) is 30.3 Å². The van der Waals surface area contributed by atoms with E-state index in [0.29, 0.717) is 18.4 Å². The highest BCUT2D eigenvalue weighted by Crippen LogP contribution is 2.27. The maximum Gasteiger partial charge on any atom is 0.221 e. The number of rotatable bonds is 6. The minimum absolute atomic E-state index is 0.220. The summed E-state index contributed by atoms with van der Waals surface area (Å²) in [6.07, 6.45) is 6.81. The zero-order chi connectivity index (χ0) is 17.5. The maximum absolute atomic E-state index is 12.2. The van der Waals surface area contributed by atoms with Crippen molar-refractivity contribution < 1.29 is 4.79 Å². The van der Waals surface area contributed by atoms with Gasteiger partial charge < -0.3 is 15.1 Å². The lowest BCUT2D eigenvalue weighted by atomic mass is 9.89. The second-order valence-electron chi connectivity index (χ2n) is 7.71. The van der Waals surface area contributed by atoms with Crippen LogP contribution in [0.5, 0.6) is 0 Å². The summed E-state index contributed by atoms with van der Waals surface area (Å²) in [4.78, 5) is 17.0. The molecule has 1 atom stereocenters. The second kappa shape index (κ2) is 9.35. The van der Waals surface area contributed by atoms with Crippen molar-refractivity contribution in [1.82, 2.24) is 15.1 Å². The summed E-state index contributed by atoms with van der Waals surface area (Å²) in [5.74, 6) is 0.923. The molecule has 0 unspecified atom stereocenters. The number of nitrogens with one attached hydrogen (secondary N) is 1. The molecule has 2 fully saturated rings. The molecule has 1 aromatic carbocycles. The summed E-state index contributed by atoms with van der Waals surface area (Å²) in [7, 11) is 2.15. The van der Waals surface area contributed by atoms with Gasteiger partial charge in [-0.05, 0) is 63.8 Å². The smallest absolute Gasteiger partial charge is 0.221 e. The van der Waals surface area contributed by atoms with Crippen molar-refractivity contribution in [3.8, 4) is 0 Å². The van der Waals surface area contributed by atoms with Crippen molar-refractivity contribution in [2.75, 3.05) is 39.8 Å². The molecule has 25 heavy (non-hydrogen) atoms. The Hall–Kier alpha value is -1.39. The largest absolute Gasteiger partial charge is 0.355 e. The molecule has 1 aromatic rings. The fourth-order valence-corrected chi connectivity index (χ4v) is 4.26. The lowest BCUT2D eigenvalue weighted by molar-refractivity contribution is -0.122. The van der Waals surface area contributed by atoms with E-state index in [1.54, 1.807) is 0 Å². The average Bonchev–Trinajstić information content (AvgIpc) is 2.65. The van der Waals surface area contributed by atoms with E-state index in [1.807, 2.05) is 0 Å². The lowest BCUT2D eigenvalue weighted by Crippen LogP contribution is -2.42. The molecule has 0 bridgehead atoms. The lowest BCUT2D eigenvalue weighted by Gasteiger charge is -2.33. The molecule has 0 spiro atoms. The average molecular weight is 344 g/mol. The minimum Gasteiger partial charge on any atom is -0.355 e. The summed E-state index contributed by atoms with van der Waals surface area (Å²) < 4.78 is 0. The van der Waals surface area contributed by atoms with Gasteiger partial charge in [-0.1, -0.05) is 36.8 Å². The summed E-state index contributed by atoms with van der Waals surface area (Å²) in [6.45, 7) is 5.18. The first kappa shape index (κ1) is 18.4. The molecule has 2 aliphatic heterocycles. The van der Waals surface area contributed by atoms with Crippen LogP contribution < -0.4 is 5.32 Å². The zero-order valence-electron chi connectivity index (χ0n) is 15.6. The molecule has 138 valence electrons. The number of piperidine rings is 2. The second-order valence-corrected chi connectivity index (χ2v) is 7.71. The SMILES string of the molecule is CN1CCCC[C@H]1CC(=O)NCCN1CCC(c2ccccc2)CC1. The molecule has 1 N–H and O–H groups in total. The van der Waals surface area contributed by atoms with E-state index >= 15 is 0 Å². The molecule has 0 saturated carbocycles. The fourth-order valence-electron chi connectivity index (χ4n) is 4.26. The summed E-state index contributed by atoms with van der Waals surface area (Å²) in [6, 6.07) is 11.3. The standard InChI is InChI=1S/C21H33N3O/c1-23-13-6-5-9-20(23)17-21(25)22-12-16-24-14-10-19(11-15-24)18-7-3-2-4-8-18/h2-4,7-8,19-20H,5-6,9-17H2,1H3,(H,22,25)/t20-/m0/s1. The highest BCUT2D eigenvalue weighted by Gasteiger charge is 2.22. The number of hydrogen-bond donors (Lipinski definition) is 1. The quantitative estimate of drug-likeness (QED) is 0.863. The van der Waals surface area contributed by atoms with Gasteiger partial charge >= 0.3 is 0 Å². The van der Waals surface area contributed by atoms with Gasteiger partial charge in [-0.2, -0.15) is 0 Å². The predicted molar refractivity (Wildman–Crippen MR) is 103 cm³/mol. The Balaban J connectivity index is 1.31. The molecular weight excluding hydrogens is 310 g/mol. The van der Waals surface area contributed by atoms with Crippen LogP contribution in [0.25, 0.3) is 0 Å². The van der Waals surface area contributed by atoms with Crippen molar-refractivity contribution >= 4 is 5.91 Å². The minimum atomic E-state index is 0.220. The third-order valence-corrected chi connectivity index (χ3v) is 5.95. The molecule has 0 aliphatic carbocycles. The maximum atomic E-state index is 12.2. The number of carbonyl (C=O) groups excluding carboxylic acids is 1. The molecule has 2 aliphatic rings. The Morgan fingerprint density at radius 2 is 1.84 bits per heavy atom. The van der Waals surface area contributed by atoms with E-state index < -0.39 is 0 Å². The summed E-state index contributed by atoms with van der Waals surface area (Å²) in [5.41, 5.74) is 1.48. The van der Waals surface area contributed by atoms with Crippen LogP contribution in [0.2, 0.25) is 0 Å². The van der Waals surface area contributed by atoms with Gasteiger partial charge in [0, 0.05) is 25.6 Å². The topological polar surface area (TPSA) is 35.6 Å². The van der Waals surface area contributed by atoms with Crippen LogP contribution in [0.3, 0.4) is 0 Å². The van der Waals surface area contributed by atoms with E-state index in [0.717, 1.165) is 39.1 Å². The monoisotopic (exact) mass is 343 g/mol. The fraction of sp³-hybridized carbons (Fsp3) is 0.667. The zero-order valence-corrected chi connectivity index (χ0v) is 15.6. The van der Waals surface area contributed by atoms with Gasteiger partial charge in [0.05, 0.1) is 0 Å². The molecule has 2 saturated heterocycles. The van der Waals surface area contributed by atoms with Crippen molar-refractivity contribution in [2.45, 2.75) is 50.5 Å². The number of benzene rings is 1. The third kappa shape index (κ3) is 5.55. The Morgan fingerprint density at radius 1 is 1.08 bits per heavy atom. The van der Waals surface area contributed by atoms with Gasteiger partial charge in [0.2, 0.25) is 5.91 Å². The molecule has 2 heterocycles. The summed E-state index contributed by atoms with van der Waals surface area (Å²) >= 11 is 0. The van der Waals surface area contributed by atoms with Crippen LogP contribution in [-0.2, 0) is 4.79 Å². The molecular formula is C21H33N3O. The molecule has 4 heteroatoms. The van der Waals surface area contributed by atoms with Gasteiger partial charge in [0.1, 0.15) is 0 Å². The highest BCUT2D eigenvalue weighted by molar-refractivity contribution is 5.76. The molecule has 3 rings (SSSR count). The van der Waals surface area contributed by atoms with Gasteiger partial charge in [-0.15, -0.1) is 0 Å². The van der Waals surface area contributed by atoms with E-state index in [9.17, 15) is 4.79 Å². The Labute approximate surface area is 152 Å². The first-order valence-electron chi connectivity index (χ1n) is 9.96. The molecule has 0 aromatic heterocycles. The van der Waals surface area contributed by atoms with Crippen LogP contribution in [0, 0.1) is 0 Å². The Kier molecular flexibility index (Phi) is 6.88. The Bertz CT molecular complexity index is 525. The highest BCUT2D eigenvalue weighted by atomic mass is 16.1. The van der Waals surface area contributed by atoms with E-state index in [4.69, 9.17) is 0 Å². The van der Waals surface area contributed by atoms with E-state index in [1.165, 1.54) is 31.2 Å². The van der Waals surface area contributed by atoms with Crippen LogP contribution in [0.4, 0.5) is 0 Å². The van der Waals surface area contributed by atoms with Crippen molar-refractivity contribution in [3.05, 3.63) is 35.9 Å². The van der Waals surface area contributed by atoms with Gasteiger partial charge in [-0.25, -0.2) is 0 Å². The predicted octanol–water partition coefficient (Wildman–Crippen LogP) is 2.86. The van der Waals surface area contributed by atoms with Gasteiger partial charge in [0.25, 0.3) is 0 Å². The van der Waals surface area contributed by atoms with E-state index in [2.05, 4.69) is 52.5 Å². The van der Waals surface area contributed by atoms with E-state index in [-0.39, 0.29) is 5.91 Å². The number of nitrogens with zero attached hydrogens (tertiary/aromatic N) is 2. The van der Waals surface area contributed by atoms with Crippen LogP contribution >= 0.6 is 0 Å². The Morgan fingerprint density at radius 3 is 2.56 bits per heavy atom. The molecule has 1 amide bonds. The number of hydrogen-bond acceptors (Lipinski definition) is 3. The third-order valence-electron chi connectivity index (χ3n) is 5.95. The van der Waals surface area contributed by atoms with Crippen LogP contribution in [0.1, 0.15) is 50.0 Å². The van der Waals surface area contributed by atoms with Crippen molar-refractivity contribution in [1.29, 1.82) is 0 Å². The van der Waals surface area contributed by atoms with Crippen molar-refractivity contribution in [3.63, 3.8) is 0 Å². The first-order valence-corrected chi connectivity index (χ1v) is 9.96. The van der Waals surface area contributed by atoms with Gasteiger partial charge in [0.15, 0.2) is 0 Å². The normalized spacial score (nSPS) is 23.5. The van der Waals surface area contributed by atoms with Crippen LogP contribution in [-0.4, -0.2) is 61.5 Å².